The van der Waals surface area contributed by atoms with Gasteiger partial charge in [-0.15, -0.1) is 0 Å². The van der Waals surface area contributed by atoms with Crippen LogP contribution < -0.4 is 5.56 Å². The van der Waals surface area contributed by atoms with Gasteiger partial charge in [-0.05, 0) is 32.0 Å². The molecule has 0 N–H and O–H groups in total. The molecule has 5 nitrogen and oxygen atoms in total. The van der Waals surface area contributed by atoms with Crippen LogP contribution in [0.5, 0.6) is 0 Å². The lowest BCUT2D eigenvalue weighted by atomic mass is 10.2. The van der Waals surface area contributed by atoms with Gasteiger partial charge in [-0.2, -0.15) is 0 Å². The first-order chi connectivity index (χ1) is 11.6. The third-order valence-corrected chi connectivity index (χ3v) is 5.26. The lowest BCUT2D eigenvalue weighted by Crippen LogP contribution is -2.37. The average Bonchev–Trinajstić information content (AvgIpc) is 2.55. The second-order valence-corrected chi connectivity index (χ2v) is 7.63. The molecule has 24 heavy (non-hydrogen) atoms. The molecule has 0 radical (unpaired) electrons. The monoisotopic (exact) mass is 367 g/mol. The molecule has 0 saturated carbocycles. The van der Waals surface area contributed by atoms with Crippen molar-refractivity contribution in [1.82, 2.24) is 14.5 Å². The number of fused-ring (bicyclic) bond motifs is 1. The molecule has 2 aromatic rings. The number of nitrogens with zero attached hydrogens (tertiary/aromatic N) is 3. The molecule has 1 aromatic heterocycles. The SMILES string of the molecule is CC(C)n1c(SCCN2CCOCC2)nc2cc(Cl)ccc2c1=O. The van der Waals surface area contributed by atoms with Gasteiger partial charge in [0.15, 0.2) is 5.16 Å². The molecule has 1 aromatic carbocycles. The summed E-state index contributed by atoms with van der Waals surface area (Å²) < 4.78 is 7.15. The van der Waals surface area contributed by atoms with Crippen molar-refractivity contribution in [1.29, 1.82) is 0 Å². The number of ether oxygens (including phenoxy) is 1. The molecule has 1 aliphatic heterocycles. The Morgan fingerprint density at radius 3 is 2.79 bits per heavy atom. The Morgan fingerprint density at radius 2 is 2.08 bits per heavy atom. The second kappa shape index (κ2) is 7.87. The topological polar surface area (TPSA) is 47.4 Å². The number of morpholine rings is 1. The Balaban J connectivity index is 1.84. The van der Waals surface area contributed by atoms with Crippen LogP contribution in [0.1, 0.15) is 19.9 Å². The smallest absolute Gasteiger partial charge is 0.262 e. The summed E-state index contributed by atoms with van der Waals surface area (Å²) >= 11 is 7.69. The predicted octanol–water partition coefficient (Wildman–Crippen LogP) is 3.06. The minimum atomic E-state index is 0.000499. The molecule has 0 amide bonds. The summed E-state index contributed by atoms with van der Waals surface area (Å²) in [7, 11) is 0. The molecule has 7 heteroatoms. The Kier molecular flexibility index (Phi) is 5.81. The van der Waals surface area contributed by atoms with E-state index in [9.17, 15) is 4.79 Å². The zero-order valence-corrected chi connectivity index (χ0v) is 15.6. The fraction of sp³-hybridized carbons (Fsp3) is 0.529. The van der Waals surface area contributed by atoms with E-state index in [1.165, 1.54) is 0 Å². The number of hydrogen-bond donors (Lipinski definition) is 0. The molecule has 0 spiro atoms. The van der Waals surface area contributed by atoms with Crippen LogP contribution in [0.25, 0.3) is 10.9 Å². The van der Waals surface area contributed by atoms with Crippen LogP contribution in [-0.2, 0) is 4.74 Å². The van der Waals surface area contributed by atoms with E-state index in [0.717, 1.165) is 43.8 Å². The summed E-state index contributed by atoms with van der Waals surface area (Å²) in [5, 5.41) is 1.98. The van der Waals surface area contributed by atoms with Crippen molar-refractivity contribution in [2.45, 2.75) is 25.0 Å². The second-order valence-electron chi connectivity index (χ2n) is 6.13. The van der Waals surface area contributed by atoms with Crippen LogP contribution in [0.15, 0.2) is 28.2 Å². The van der Waals surface area contributed by atoms with Crippen molar-refractivity contribution in [2.24, 2.45) is 0 Å². The number of rotatable bonds is 5. The first-order valence-corrected chi connectivity index (χ1v) is 9.57. The van der Waals surface area contributed by atoms with Crippen LogP contribution >= 0.6 is 23.4 Å². The Morgan fingerprint density at radius 1 is 1.33 bits per heavy atom. The van der Waals surface area contributed by atoms with Crippen molar-refractivity contribution in [3.05, 3.63) is 33.6 Å². The summed E-state index contributed by atoms with van der Waals surface area (Å²) in [4.78, 5) is 19.9. The Hall–Kier alpha value is -1.08. The highest BCUT2D eigenvalue weighted by molar-refractivity contribution is 7.99. The first kappa shape index (κ1) is 17.7. The van der Waals surface area contributed by atoms with Gasteiger partial charge in [-0.1, -0.05) is 23.4 Å². The lowest BCUT2D eigenvalue weighted by Gasteiger charge is -2.26. The third kappa shape index (κ3) is 3.94. The van der Waals surface area contributed by atoms with Crippen molar-refractivity contribution < 1.29 is 4.74 Å². The number of benzene rings is 1. The van der Waals surface area contributed by atoms with Crippen LogP contribution in [0.3, 0.4) is 0 Å². The third-order valence-electron chi connectivity index (χ3n) is 4.09. The molecule has 3 rings (SSSR count). The highest BCUT2D eigenvalue weighted by atomic mass is 35.5. The molecule has 0 atom stereocenters. The molecular formula is C17H22ClN3O2S. The van der Waals surface area contributed by atoms with E-state index in [-0.39, 0.29) is 11.6 Å². The van der Waals surface area contributed by atoms with Gasteiger partial charge >= 0.3 is 0 Å². The molecule has 1 aliphatic rings. The number of halogens is 1. The molecule has 2 heterocycles. The largest absolute Gasteiger partial charge is 0.379 e. The quantitative estimate of drug-likeness (QED) is 0.600. The maximum atomic E-state index is 12.8. The summed E-state index contributed by atoms with van der Waals surface area (Å²) in [6.45, 7) is 8.53. The van der Waals surface area contributed by atoms with Gasteiger partial charge in [-0.25, -0.2) is 4.98 Å². The number of hydrogen-bond acceptors (Lipinski definition) is 5. The van der Waals surface area contributed by atoms with E-state index in [2.05, 4.69) is 4.90 Å². The summed E-state index contributed by atoms with van der Waals surface area (Å²) in [5.41, 5.74) is 0.666. The van der Waals surface area contributed by atoms with Gasteiger partial charge in [0, 0.05) is 36.5 Å². The van der Waals surface area contributed by atoms with Gasteiger partial charge in [0.05, 0.1) is 24.1 Å². The van der Waals surface area contributed by atoms with Gasteiger partial charge in [0.25, 0.3) is 5.56 Å². The van der Waals surface area contributed by atoms with E-state index in [1.807, 2.05) is 13.8 Å². The van der Waals surface area contributed by atoms with Gasteiger partial charge < -0.3 is 4.74 Å². The van der Waals surface area contributed by atoms with Crippen LogP contribution in [-0.4, -0.2) is 53.1 Å². The standard InChI is InChI=1S/C17H22ClN3O2S/c1-12(2)21-16(22)14-4-3-13(18)11-15(14)19-17(21)24-10-7-20-5-8-23-9-6-20/h3-4,11-12H,5-10H2,1-2H3. The van der Waals surface area contributed by atoms with E-state index in [1.54, 1.807) is 34.5 Å². The molecule has 130 valence electrons. The highest BCUT2D eigenvalue weighted by Crippen LogP contribution is 2.22. The normalized spacial score (nSPS) is 16.2. The minimum absolute atomic E-state index is 0.000499. The zero-order chi connectivity index (χ0) is 17.1. The molecule has 1 fully saturated rings. The summed E-state index contributed by atoms with van der Waals surface area (Å²) in [5.74, 6) is 0.894. The molecule has 0 bridgehead atoms. The van der Waals surface area contributed by atoms with Crippen molar-refractivity contribution >= 4 is 34.3 Å². The Bertz CT molecular complexity index is 772. The summed E-state index contributed by atoms with van der Waals surface area (Å²) in [6.07, 6.45) is 0. The van der Waals surface area contributed by atoms with E-state index >= 15 is 0 Å². The first-order valence-electron chi connectivity index (χ1n) is 8.21. The van der Waals surface area contributed by atoms with Crippen LogP contribution in [0.2, 0.25) is 5.02 Å². The van der Waals surface area contributed by atoms with Crippen LogP contribution in [0, 0.1) is 0 Å². The maximum absolute atomic E-state index is 12.8. The van der Waals surface area contributed by atoms with Crippen molar-refractivity contribution in [2.75, 3.05) is 38.6 Å². The number of thioether (sulfide) groups is 1. The maximum Gasteiger partial charge on any atom is 0.262 e. The zero-order valence-electron chi connectivity index (χ0n) is 14.0. The molecule has 0 aliphatic carbocycles. The van der Waals surface area contributed by atoms with E-state index in [0.29, 0.717) is 15.9 Å². The molecular weight excluding hydrogens is 346 g/mol. The van der Waals surface area contributed by atoms with Gasteiger partial charge in [0.1, 0.15) is 0 Å². The fourth-order valence-electron chi connectivity index (χ4n) is 2.80. The van der Waals surface area contributed by atoms with Crippen molar-refractivity contribution in [3.63, 3.8) is 0 Å². The number of aromatic nitrogens is 2. The van der Waals surface area contributed by atoms with Crippen molar-refractivity contribution in [3.8, 4) is 0 Å². The molecule has 1 saturated heterocycles. The fourth-order valence-corrected chi connectivity index (χ4v) is 4.09. The lowest BCUT2D eigenvalue weighted by molar-refractivity contribution is 0.0410. The minimum Gasteiger partial charge on any atom is -0.379 e. The van der Waals surface area contributed by atoms with Crippen LogP contribution in [0.4, 0.5) is 0 Å². The van der Waals surface area contributed by atoms with Gasteiger partial charge in [0.2, 0.25) is 0 Å². The van der Waals surface area contributed by atoms with Gasteiger partial charge in [-0.3, -0.25) is 14.3 Å². The predicted molar refractivity (Wildman–Crippen MR) is 99.4 cm³/mol. The Labute approximate surface area is 151 Å². The average molecular weight is 368 g/mol. The highest BCUT2D eigenvalue weighted by Gasteiger charge is 2.15. The van der Waals surface area contributed by atoms with E-state index < -0.39 is 0 Å². The molecule has 0 unspecified atom stereocenters. The summed E-state index contributed by atoms with van der Waals surface area (Å²) in [6, 6.07) is 5.32. The van der Waals surface area contributed by atoms with E-state index in [4.69, 9.17) is 21.3 Å².